The van der Waals surface area contributed by atoms with E-state index >= 15 is 0 Å². The zero-order chi connectivity index (χ0) is 22.3. The van der Waals surface area contributed by atoms with Crippen molar-refractivity contribution in [2.45, 2.75) is 9.79 Å². The minimum Gasteiger partial charge on any atom is -0.494 e. The third kappa shape index (κ3) is 4.10. The van der Waals surface area contributed by atoms with Gasteiger partial charge in [0.05, 0.1) is 23.0 Å². The first-order valence-corrected chi connectivity index (χ1v) is 10.5. The maximum absolute atomic E-state index is 11.7. The SMILES string of the molecule is COc1cc([N+](=O)[O-])ccc1-n1nnc(-c2ccc(S(=O)(=O)O)cc2S(=O)(=O)O)n1. The lowest BCUT2D eigenvalue weighted by molar-refractivity contribution is -0.384. The average Bonchev–Trinajstić information content (AvgIpc) is 3.15. The fourth-order valence-corrected chi connectivity index (χ4v) is 3.73. The molecule has 1 aromatic heterocycles. The molecule has 2 aromatic carbocycles. The van der Waals surface area contributed by atoms with Crippen molar-refractivity contribution in [2.75, 3.05) is 7.11 Å². The lowest BCUT2D eigenvalue weighted by Gasteiger charge is -2.07. The molecular weight excluding hydrogens is 446 g/mol. The van der Waals surface area contributed by atoms with Crippen molar-refractivity contribution in [3.63, 3.8) is 0 Å². The number of methoxy groups -OCH3 is 1. The lowest BCUT2D eigenvalue weighted by atomic mass is 10.2. The number of benzene rings is 2. The van der Waals surface area contributed by atoms with E-state index in [1.54, 1.807) is 0 Å². The van der Waals surface area contributed by atoms with Crippen LogP contribution in [0.5, 0.6) is 5.75 Å². The van der Waals surface area contributed by atoms with Crippen molar-refractivity contribution in [1.29, 1.82) is 0 Å². The van der Waals surface area contributed by atoms with E-state index in [1.165, 1.54) is 13.2 Å². The van der Waals surface area contributed by atoms with Crippen LogP contribution in [0.15, 0.2) is 46.2 Å². The van der Waals surface area contributed by atoms with Gasteiger partial charge in [-0.1, -0.05) is 0 Å². The molecule has 2 N–H and O–H groups in total. The molecule has 0 atom stereocenters. The minimum atomic E-state index is -4.94. The van der Waals surface area contributed by atoms with Crippen LogP contribution in [0.2, 0.25) is 0 Å². The summed E-state index contributed by atoms with van der Waals surface area (Å²) in [4.78, 5) is 9.49. The summed E-state index contributed by atoms with van der Waals surface area (Å²) in [7, 11) is -8.44. The highest BCUT2D eigenvalue weighted by Crippen LogP contribution is 2.30. The van der Waals surface area contributed by atoms with Gasteiger partial charge in [-0.15, -0.1) is 15.0 Å². The molecular formula is C14H11N5O9S2. The molecule has 0 saturated heterocycles. The molecule has 158 valence electrons. The van der Waals surface area contributed by atoms with E-state index in [0.29, 0.717) is 6.07 Å². The summed E-state index contributed by atoms with van der Waals surface area (Å²) in [5.41, 5.74) is -0.438. The van der Waals surface area contributed by atoms with Crippen molar-refractivity contribution in [3.8, 4) is 22.8 Å². The van der Waals surface area contributed by atoms with Crippen LogP contribution in [0, 0.1) is 10.1 Å². The number of hydrogen-bond acceptors (Lipinski definition) is 10. The summed E-state index contributed by atoms with van der Waals surface area (Å²) in [5.74, 6) is -0.310. The van der Waals surface area contributed by atoms with Gasteiger partial charge in [0.25, 0.3) is 25.9 Å². The highest BCUT2D eigenvalue weighted by atomic mass is 32.2. The van der Waals surface area contributed by atoms with Crippen molar-refractivity contribution < 1.29 is 35.6 Å². The van der Waals surface area contributed by atoms with E-state index in [-0.39, 0.29) is 28.5 Å². The maximum atomic E-state index is 11.7. The van der Waals surface area contributed by atoms with Gasteiger partial charge in [-0.3, -0.25) is 19.2 Å². The van der Waals surface area contributed by atoms with Gasteiger partial charge in [-0.05, 0) is 29.5 Å². The molecule has 3 rings (SSSR count). The summed E-state index contributed by atoms with van der Waals surface area (Å²) >= 11 is 0. The number of nitro benzene ring substituents is 1. The maximum Gasteiger partial charge on any atom is 0.295 e. The smallest absolute Gasteiger partial charge is 0.295 e. The van der Waals surface area contributed by atoms with E-state index in [0.717, 1.165) is 29.1 Å². The van der Waals surface area contributed by atoms with Crippen LogP contribution in [0.4, 0.5) is 5.69 Å². The van der Waals surface area contributed by atoms with Crippen molar-refractivity contribution in [2.24, 2.45) is 0 Å². The standard InChI is InChI=1S/C14H11N5O9S2/c1-28-12-6-8(19(20)21)2-5-11(12)18-16-14(15-17-18)10-4-3-9(29(22,23)24)7-13(10)30(25,26)27/h2-7H,1H3,(H,22,23,24)(H,25,26,27). The summed E-state index contributed by atoms with van der Waals surface area (Å²) in [6.45, 7) is 0. The Morgan fingerprint density at radius 3 is 2.33 bits per heavy atom. The number of non-ortho nitro benzene ring substituents is 1. The molecule has 30 heavy (non-hydrogen) atoms. The van der Waals surface area contributed by atoms with Crippen molar-refractivity contribution in [1.82, 2.24) is 20.2 Å². The van der Waals surface area contributed by atoms with E-state index < -0.39 is 35.0 Å². The number of aromatic nitrogens is 4. The first kappa shape index (κ1) is 21.2. The zero-order valence-corrected chi connectivity index (χ0v) is 16.4. The normalized spacial score (nSPS) is 12.0. The second kappa shape index (κ2) is 7.41. The third-order valence-corrected chi connectivity index (χ3v) is 5.52. The van der Waals surface area contributed by atoms with Gasteiger partial charge in [0.2, 0.25) is 5.82 Å². The Bertz CT molecular complexity index is 1370. The number of ether oxygens (including phenoxy) is 1. The summed E-state index contributed by atoms with van der Waals surface area (Å²) in [6.07, 6.45) is 0. The third-order valence-electron chi connectivity index (χ3n) is 3.77. The van der Waals surface area contributed by atoms with Gasteiger partial charge < -0.3 is 4.74 Å². The molecule has 16 heteroatoms. The van der Waals surface area contributed by atoms with Gasteiger partial charge in [0.1, 0.15) is 10.6 Å². The molecule has 14 nitrogen and oxygen atoms in total. The molecule has 0 radical (unpaired) electrons. The molecule has 0 unspecified atom stereocenters. The van der Waals surface area contributed by atoms with Crippen LogP contribution in [-0.4, -0.2) is 58.2 Å². The summed E-state index contributed by atoms with van der Waals surface area (Å²) in [5, 5.41) is 22.2. The monoisotopic (exact) mass is 457 g/mol. The Kier molecular flexibility index (Phi) is 5.25. The van der Waals surface area contributed by atoms with Crippen LogP contribution < -0.4 is 4.74 Å². The van der Waals surface area contributed by atoms with Crippen LogP contribution in [0.25, 0.3) is 17.1 Å². The van der Waals surface area contributed by atoms with Gasteiger partial charge in [0.15, 0.2) is 5.75 Å². The zero-order valence-electron chi connectivity index (χ0n) is 14.8. The quantitative estimate of drug-likeness (QED) is 0.299. The van der Waals surface area contributed by atoms with Crippen LogP contribution in [-0.2, 0) is 20.2 Å². The van der Waals surface area contributed by atoms with Crippen molar-refractivity contribution >= 4 is 25.9 Å². The Morgan fingerprint density at radius 1 is 1.07 bits per heavy atom. The van der Waals surface area contributed by atoms with E-state index in [4.69, 9.17) is 9.29 Å². The van der Waals surface area contributed by atoms with Gasteiger partial charge in [0, 0.05) is 11.6 Å². The van der Waals surface area contributed by atoms with E-state index in [9.17, 15) is 31.5 Å². The first-order chi connectivity index (χ1) is 13.9. The number of hydrogen-bond donors (Lipinski definition) is 2. The summed E-state index contributed by atoms with van der Waals surface area (Å²) in [6, 6.07) is 5.92. The largest absolute Gasteiger partial charge is 0.494 e. The predicted octanol–water partition coefficient (Wildman–Crippen LogP) is 0.739. The average molecular weight is 457 g/mol. The fraction of sp³-hybridized carbons (Fsp3) is 0.0714. The molecule has 0 fully saturated rings. The molecule has 0 aliphatic heterocycles. The summed E-state index contributed by atoms with van der Waals surface area (Å²) < 4.78 is 69.5. The van der Waals surface area contributed by atoms with E-state index in [2.05, 4.69) is 15.4 Å². The molecule has 0 spiro atoms. The highest BCUT2D eigenvalue weighted by Gasteiger charge is 2.24. The lowest BCUT2D eigenvalue weighted by Crippen LogP contribution is -2.06. The first-order valence-electron chi connectivity index (χ1n) is 7.64. The fourth-order valence-electron chi connectivity index (χ4n) is 2.43. The van der Waals surface area contributed by atoms with Crippen LogP contribution >= 0.6 is 0 Å². The molecule has 0 amide bonds. The number of nitro groups is 1. The van der Waals surface area contributed by atoms with Gasteiger partial charge >= 0.3 is 0 Å². The number of rotatable bonds is 6. The molecule has 0 aliphatic carbocycles. The topological polar surface area (TPSA) is 205 Å². The van der Waals surface area contributed by atoms with Crippen molar-refractivity contribution in [3.05, 3.63) is 46.5 Å². The van der Waals surface area contributed by atoms with E-state index in [1.807, 2.05) is 0 Å². The number of nitrogens with zero attached hydrogens (tertiary/aromatic N) is 5. The Morgan fingerprint density at radius 2 is 1.77 bits per heavy atom. The Hall–Kier alpha value is -3.47. The Balaban J connectivity index is 2.15. The van der Waals surface area contributed by atoms with Gasteiger partial charge in [-0.2, -0.15) is 16.8 Å². The Labute approximate surface area is 168 Å². The highest BCUT2D eigenvalue weighted by molar-refractivity contribution is 7.86. The minimum absolute atomic E-state index is 0.0184. The second-order valence-corrected chi connectivity index (χ2v) is 8.44. The second-order valence-electron chi connectivity index (χ2n) is 5.62. The molecule has 0 saturated carbocycles. The molecule has 3 aromatic rings. The molecule has 1 heterocycles. The van der Waals surface area contributed by atoms with Gasteiger partial charge in [-0.25, -0.2) is 0 Å². The van der Waals surface area contributed by atoms with Crippen LogP contribution in [0.3, 0.4) is 0 Å². The predicted molar refractivity (Wildman–Crippen MR) is 97.4 cm³/mol. The van der Waals surface area contributed by atoms with Crippen LogP contribution in [0.1, 0.15) is 0 Å². The molecule has 0 aliphatic rings. The molecule has 0 bridgehead atoms. The number of tetrazole rings is 1.